The lowest BCUT2D eigenvalue weighted by atomic mass is 10.1. The molecule has 0 amide bonds. The molecular weight excluding hydrogens is 416 g/mol. The highest BCUT2D eigenvalue weighted by molar-refractivity contribution is 7.85. The summed E-state index contributed by atoms with van der Waals surface area (Å²) in [6.07, 6.45) is 0.763. The minimum atomic E-state index is -1.19. The summed E-state index contributed by atoms with van der Waals surface area (Å²) in [6.45, 7) is 1.95. The van der Waals surface area contributed by atoms with Crippen molar-refractivity contribution in [1.82, 2.24) is 0 Å². The molecule has 0 spiro atoms. The third-order valence-corrected chi connectivity index (χ3v) is 6.16. The van der Waals surface area contributed by atoms with Crippen molar-refractivity contribution in [3.05, 3.63) is 77.9 Å². The maximum absolute atomic E-state index is 12.5. The topological polar surface area (TPSA) is 120 Å². The lowest BCUT2D eigenvalue weighted by Gasteiger charge is -2.14. The van der Waals surface area contributed by atoms with Gasteiger partial charge in [0.25, 0.3) is 0 Å². The van der Waals surface area contributed by atoms with Gasteiger partial charge >= 0.3 is 11.9 Å². The van der Waals surface area contributed by atoms with Crippen molar-refractivity contribution in [3.8, 4) is 0 Å². The summed E-state index contributed by atoms with van der Waals surface area (Å²) in [5.41, 5.74) is 2.32. The zero-order valence-corrected chi connectivity index (χ0v) is 17.7. The fraction of sp³-hybridized carbons (Fsp3) is 0.130. The number of anilines is 2. The van der Waals surface area contributed by atoms with E-state index in [1.165, 1.54) is 12.1 Å². The van der Waals surface area contributed by atoms with Crippen LogP contribution in [0.2, 0.25) is 0 Å². The maximum atomic E-state index is 12.5. The maximum Gasteiger partial charge on any atom is 0.341 e. The average Bonchev–Trinajstić information content (AvgIpc) is 2.75. The summed E-state index contributed by atoms with van der Waals surface area (Å²) in [4.78, 5) is 23.8. The Morgan fingerprint density at radius 1 is 0.871 bits per heavy atom. The van der Waals surface area contributed by atoms with E-state index < -0.39 is 22.7 Å². The van der Waals surface area contributed by atoms with Crippen LogP contribution in [-0.2, 0) is 10.8 Å². The molecule has 160 valence electrons. The van der Waals surface area contributed by atoms with Gasteiger partial charge in [-0.1, -0.05) is 31.2 Å². The molecule has 5 N–H and O–H groups in total. The van der Waals surface area contributed by atoms with Crippen LogP contribution in [0.4, 0.5) is 22.7 Å². The molecule has 7 nitrogen and oxygen atoms in total. The van der Waals surface area contributed by atoms with Crippen LogP contribution in [0.15, 0.2) is 71.6 Å². The fourth-order valence-corrected chi connectivity index (χ4v) is 4.21. The van der Waals surface area contributed by atoms with Gasteiger partial charge in [-0.25, -0.2) is 9.59 Å². The highest BCUT2D eigenvalue weighted by Gasteiger charge is 2.19. The summed E-state index contributed by atoms with van der Waals surface area (Å²) < 4.78 is 12.5. The summed E-state index contributed by atoms with van der Waals surface area (Å²) >= 11 is 0. The van der Waals surface area contributed by atoms with Gasteiger partial charge in [0.15, 0.2) is 5.69 Å². The van der Waals surface area contributed by atoms with Gasteiger partial charge in [-0.15, -0.1) is 0 Å². The van der Waals surface area contributed by atoms with Crippen LogP contribution in [-0.4, -0.2) is 32.1 Å². The predicted molar refractivity (Wildman–Crippen MR) is 119 cm³/mol. The molecule has 8 heteroatoms. The first-order chi connectivity index (χ1) is 14.9. The summed E-state index contributed by atoms with van der Waals surface area (Å²) in [6, 6.07) is 18.3. The number of carbonyl (C=O) groups is 2. The number of carboxylic acids is 2. The smallest absolute Gasteiger partial charge is 0.341 e. The molecular formula is C23H23N2O5S+. The molecule has 0 saturated heterocycles. The number of hydrogen-bond acceptors (Lipinski definition) is 4. The molecule has 0 radical (unpaired) electrons. The van der Waals surface area contributed by atoms with Gasteiger partial charge in [0, 0.05) is 22.8 Å². The first-order valence-electron chi connectivity index (χ1n) is 9.69. The Kier molecular flexibility index (Phi) is 7.17. The molecule has 3 aromatic rings. The van der Waals surface area contributed by atoms with Crippen molar-refractivity contribution < 1.29 is 29.3 Å². The van der Waals surface area contributed by atoms with E-state index in [9.17, 15) is 24.0 Å². The number of nitrogens with one attached hydrogen (secondary N) is 1. The van der Waals surface area contributed by atoms with E-state index in [0.717, 1.165) is 6.42 Å². The molecule has 0 bridgehead atoms. The largest absolute Gasteiger partial charge is 0.478 e. The van der Waals surface area contributed by atoms with Crippen molar-refractivity contribution in [2.24, 2.45) is 0 Å². The van der Waals surface area contributed by atoms with Crippen LogP contribution >= 0.6 is 0 Å². The second kappa shape index (κ2) is 10.0. The van der Waals surface area contributed by atoms with Crippen LogP contribution < -0.4 is 10.6 Å². The van der Waals surface area contributed by atoms with Crippen LogP contribution in [0, 0.1) is 0 Å². The van der Waals surface area contributed by atoms with Crippen LogP contribution in [0.25, 0.3) is 0 Å². The van der Waals surface area contributed by atoms with E-state index >= 15 is 0 Å². The lowest BCUT2D eigenvalue weighted by Crippen LogP contribution is -2.72. The van der Waals surface area contributed by atoms with Crippen LogP contribution in [0.5, 0.6) is 0 Å². The first kappa shape index (κ1) is 22.2. The predicted octanol–water partition coefficient (Wildman–Crippen LogP) is 3.87. The van der Waals surface area contributed by atoms with E-state index in [1.807, 2.05) is 6.92 Å². The Labute approximate surface area is 182 Å². The number of rotatable bonds is 9. The first-order valence-corrected chi connectivity index (χ1v) is 11.0. The molecule has 3 aromatic carbocycles. The Hall–Kier alpha value is -3.49. The van der Waals surface area contributed by atoms with Gasteiger partial charge in [-0.3, -0.25) is 9.53 Å². The molecule has 1 unspecified atom stereocenters. The number of aromatic carboxylic acids is 2. The SMILES string of the molecule is CCCS(=O)c1ccc(Nc2ccccc2C(=O)O)c([NH2+]c2ccccc2C(=O)O)c1. The van der Waals surface area contributed by atoms with Crippen molar-refractivity contribution >= 4 is 45.5 Å². The average molecular weight is 440 g/mol. The summed E-state index contributed by atoms with van der Waals surface area (Å²) in [5.74, 6) is -1.60. The molecule has 0 saturated carbocycles. The quantitative estimate of drug-likeness (QED) is 0.376. The molecule has 0 fully saturated rings. The minimum absolute atomic E-state index is 0.109. The zero-order valence-electron chi connectivity index (χ0n) is 16.9. The van der Waals surface area contributed by atoms with E-state index in [4.69, 9.17) is 0 Å². The van der Waals surface area contributed by atoms with Gasteiger partial charge in [0.1, 0.15) is 16.9 Å². The molecule has 0 aliphatic rings. The number of para-hydroxylation sites is 2. The fourth-order valence-electron chi connectivity index (χ4n) is 3.13. The van der Waals surface area contributed by atoms with Gasteiger partial charge < -0.3 is 15.5 Å². The second-order valence-corrected chi connectivity index (χ2v) is 8.38. The number of quaternary nitrogens is 1. The van der Waals surface area contributed by atoms with Gasteiger partial charge in [0.2, 0.25) is 0 Å². The minimum Gasteiger partial charge on any atom is -0.478 e. The van der Waals surface area contributed by atoms with Crippen LogP contribution in [0.3, 0.4) is 0 Å². The molecule has 3 rings (SSSR count). The Morgan fingerprint density at radius 2 is 1.52 bits per heavy atom. The Bertz CT molecular complexity index is 1150. The van der Waals surface area contributed by atoms with E-state index in [2.05, 4.69) is 5.32 Å². The number of hydrogen-bond donors (Lipinski definition) is 4. The molecule has 0 heterocycles. The van der Waals surface area contributed by atoms with Crippen molar-refractivity contribution in [2.75, 3.05) is 11.1 Å². The molecule has 0 aromatic heterocycles. The van der Waals surface area contributed by atoms with Crippen molar-refractivity contribution in [3.63, 3.8) is 0 Å². The highest BCUT2D eigenvalue weighted by Crippen LogP contribution is 2.28. The lowest BCUT2D eigenvalue weighted by molar-refractivity contribution is -0.478. The third kappa shape index (κ3) is 5.36. The summed E-state index contributed by atoms with van der Waals surface area (Å²) in [7, 11) is -1.19. The summed E-state index contributed by atoms with van der Waals surface area (Å²) in [5, 5.41) is 23.8. The second-order valence-electron chi connectivity index (χ2n) is 6.81. The number of nitrogens with two attached hydrogens (primary N) is 1. The Balaban J connectivity index is 2.06. The molecule has 0 aliphatic carbocycles. The van der Waals surface area contributed by atoms with E-state index in [1.54, 1.807) is 59.9 Å². The standard InChI is InChI=1S/C23H22N2O5S/c1-2-13-31(30)15-11-12-20(24-18-9-5-3-7-16(18)22(26)27)21(14-15)25-19-10-6-4-8-17(19)23(28)29/h3-12,14,24-25H,2,13H2,1H3,(H,26,27)(H,28,29)/p+1. The Morgan fingerprint density at radius 3 is 2.19 bits per heavy atom. The highest BCUT2D eigenvalue weighted by atomic mass is 32.2. The van der Waals surface area contributed by atoms with Gasteiger partial charge in [-0.2, -0.15) is 0 Å². The van der Waals surface area contributed by atoms with E-state index in [-0.39, 0.29) is 11.1 Å². The van der Waals surface area contributed by atoms with Crippen molar-refractivity contribution in [2.45, 2.75) is 18.2 Å². The third-order valence-electron chi connectivity index (χ3n) is 4.60. The van der Waals surface area contributed by atoms with Crippen molar-refractivity contribution in [1.29, 1.82) is 0 Å². The molecule has 0 aliphatic heterocycles. The monoisotopic (exact) mass is 439 g/mol. The van der Waals surface area contributed by atoms with Gasteiger partial charge in [0.05, 0.1) is 22.1 Å². The van der Waals surface area contributed by atoms with Gasteiger partial charge in [-0.05, 0) is 36.8 Å². The number of carboxylic acid groups (broad SMARTS) is 2. The molecule has 1 atom stereocenters. The molecule has 31 heavy (non-hydrogen) atoms. The zero-order chi connectivity index (χ0) is 22.4. The normalized spacial score (nSPS) is 11.6. The van der Waals surface area contributed by atoms with Crippen LogP contribution in [0.1, 0.15) is 34.1 Å². The van der Waals surface area contributed by atoms with E-state index in [0.29, 0.717) is 33.4 Å². The number of benzene rings is 3.